The van der Waals surface area contributed by atoms with Crippen LogP contribution in [0.3, 0.4) is 0 Å². The molecule has 0 saturated carbocycles. The third-order valence-electron chi connectivity index (χ3n) is 4.98. The normalized spacial score (nSPS) is 16.4. The zero-order valence-electron chi connectivity index (χ0n) is 16.7. The number of carbonyl (C=O) groups is 1. The molecule has 29 heavy (non-hydrogen) atoms. The van der Waals surface area contributed by atoms with E-state index in [1.165, 1.54) is 12.1 Å². The highest BCUT2D eigenvalue weighted by Gasteiger charge is 2.20. The molecule has 1 fully saturated rings. The number of likely N-dealkylation sites (N-methyl/N-ethyl adjacent to an activating group) is 1. The average molecular weight is 418 g/mol. The Bertz CT molecular complexity index is 909. The van der Waals surface area contributed by atoms with Gasteiger partial charge in [-0.3, -0.25) is 4.79 Å². The third kappa shape index (κ3) is 5.79. The van der Waals surface area contributed by atoms with Crippen molar-refractivity contribution < 1.29 is 17.9 Å². The molecule has 0 bridgehead atoms. The van der Waals surface area contributed by atoms with Gasteiger partial charge in [-0.2, -0.15) is 0 Å². The van der Waals surface area contributed by atoms with Gasteiger partial charge < -0.3 is 14.5 Å². The summed E-state index contributed by atoms with van der Waals surface area (Å²) in [7, 11) is -1.63. The molecule has 0 spiro atoms. The highest BCUT2D eigenvalue weighted by Crippen LogP contribution is 2.19. The summed E-state index contributed by atoms with van der Waals surface area (Å²) in [4.78, 5) is 16.4. The lowest BCUT2D eigenvalue weighted by Gasteiger charge is -2.32. The van der Waals surface area contributed by atoms with Crippen molar-refractivity contribution in [1.29, 1.82) is 0 Å². The van der Waals surface area contributed by atoms with Crippen LogP contribution < -0.4 is 9.46 Å². The van der Waals surface area contributed by atoms with E-state index >= 15 is 0 Å². The van der Waals surface area contributed by atoms with Gasteiger partial charge >= 0.3 is 0 Å². The summed E-state index contributed by atoms with van der Waals surface area (Å²) >= 11 is 0. The maximum atomic E-state index is 12.6. The Kier molecular flexibility index (Phi) is 6.89. The van der Waals surface area contributed by atoms with Crippen molar-refractivity contribution in [3.8, 4) is 5.75 Å². The molecule has 1 heterocycles. The van der Waals surface area contributed by atoms with Crippen LogP contribution in [0.2, 0.25) is 0 Å². The Morgan fingerprint density at radius 3 is 2.28 bits per heavy atom. The van der Waals surface area contributed by atoms with Crippen LogP contribution in [-0.2, 0) is 14.8 Å². The Labute approximate surface area is 172 Å². The minimum atomic E-state index is -3.66. The number of amides is 1. The summed E-state index contributed by atoms with van der Waals surface area (Å²) in [5.41, 5.74) is 0.887. The number of nitrogens with one attached hydrogen (secondary N) is 1. The molecule has 1 aliphatic heterocycles. The van der Waals surface area contributed by atoms with Crippen LogP contribution in [0.1, 0.15) is 18.5 Å². The van der Waals surface area contributed by atoms with Gasteiger partial charge in [0.05, 0.1) is 4.90 Å². The molecular formula is C21H27N3O4S. The number of ether oxygens (including phenoxy) is 1. The molecule has 1 amide bonds. The number of sulfonamides is 1. The molecule has 1 atom stereocenters. The number of hydrogen-bond donors (Lipinski definition) is 1. The van der Waals surface area contributed by atoms with Gasteiger partial charge in [0.1, 0.15) is 5.75 Å². The minimum absolute atomic E-state index is 0.0564. The molecule has 0 unspecified atom stereocenters. The van der Waals surface area contributed by atoms with Crippen LogP contribution in [0.15, 0.2) is 59.5 Å². The predicted molar refractivity (Wildman–Crippen MR) is 111 cm³/mol. The van der Waals surface area contributed by atoms with Crippen LogP contribution >= 0.6 is 0 Å². The molecule has 2 aromatic rings. The topological polar surface area (TPSA) is 78.9 Å². The van der Waals surface area contributed by atoms with Crippen molar-refractivity contribution in [2.45, 2.75) is 17.9 Å². The molecule has 0 aliphatic carbocycles. The molecule has 2 aromatic carbocycles. The summed E-state index contributed by atoms with van der Waals surface area (Å²) in [5, 5.41) is 0. The lowest BCUT2D eigenvalue weighted by molar-refractivity contribution is -0.134. The van der Waals surface area contributed by atoms with Gasteiger partial charge in [-0.15, -0.1) is 0 Å². The first-order valence-electron chi connectivity index (χ1n) is 9.61. The lowest BCUT2D eigenvalue weighted by atomic mass is 10.1. The lowest BCUT2D eigenvalue weighted by Crippen LogP contribution is -2.48. The third-order valence-corrected chi connectivity index (χ3v) is 6.54. The molecule has 1 N–H and O–H groups in total. The number of hydrogen-bond acceptors (Lipinski definition) is 5. The Balaban J connectivity index is 1.55. The second kappa shape index (κ2) is 9.39. The van der Waals surface area contributed by atoms with Gasteiger partial charge in [0, 0.05) is 32.2 Å². The van der Waals surface area contributed by atoms with Gasteiger partial charge in [-0.25, -0.2) is 13.1 Å². The van der Waals surface area contributed by atoms with E-state index in [4.69, 9.17) is 4.74 Å². The standard InChI is InChI=1S/C21H27N3O4S/c1-17(18-6-4-3-5-7-18)22-29(26,27)20-10-8-19(9-11-20)28-16-21(25)24-14-12-23(2)13-15-24/h3-11,17,22H,12-16H2,1-2H3/t17-/m0/s1. The van der Waals surface area contributed by atoms with Gasteiger partial charge in [0.2, 0.25) is 10.0 Å². The Morgan fingerprint density at radius 1 is 1.03 bits per heavy atom. The largest absolute Gasteiger partial charge is 0.484 e. The molecule has 1 saturated heterocycles. The zero-order chi connectivity index (χ0) is 20.9. The highest BCUT2D eigenvalue weighted by molar-refractivity contribution is 7.89. The van der Waals surface area contributed by atoms with Crippen molar-refractivity contribution in [2.24, 2.45) is 0 Å². The molecule has 8 heteroatoms. The van der Waals surface area contributed by atoms with E-state index < -0.39 is 10.0 Å². The van der Waals surface area contributed by atoms with Gasteiger partial charge in [0.15, 0.2) is 6.61 Å². The van der Waals surface area contributed by atoms with Crippen molar-refractivity contribution in [3.63, 3.8) is 0 Å². The van der Waals surface area contributed by atoms with Gasteiger partial charge in [-0.1, -0.05) is 30.3 Å². The van der Waals surface area contributed by atoms with Crippen molar-refractivity contribution in [1.82, 2.24) is 14.5 Å². The van der Waals surface area contributed by atoms with Crippen molar-refractivity contribution in [2.75, 3.05) is 39.8 Å². The highest BCUT2D eigenvalue weighted by atomic mass is 32.2. The smallest absolute Gasteiger partial charge is 0.260 e. The summed E-state index contributed by atoms with van der Waals surface area (Å²) in [6.07, 6.45) is 0. The summed E-state index contributed by atoms with van der Waals surface area (Å²) in [5.74, 6) is 0.399. The summed E-state index contributed by atoms with van der Waals surface area (Å²) in [6.45, 7) is 4.84. The maximum absolute atomic E-state index is 12.6. The number of rotatable bonds is 7. The fourth-order valence-corrected chi connectivity index (χ4v) is 4.35. The van der Waals surface area contributed by atoms with E-state index in [1.54, 1.807) is 24.0 Å². The molecule has 0 aromatic heterocycles. The van der Waals surface area contributed by atoms with E-state index in [2.05, 4.69) is 9.62 Å². The molecule has 3 rings (SSSR count). The number of benzene rings is 2. The SMILES string of the molecule is C[C@H](NS(=O)(=O)c1ccc(OCC(=O)N2CCN(C)CC2)cc1)c1ccccc1. The van der Waals surface area contributed by atoms with Gasteiger partial charge in [-0.05, 0) is 43.8 Å². The molecule has 156 valence electrons. The zero-order valence-corrected chi connectivity index (χ0v) is 17.6. The maximum Gasteiger partial charge on any atom is 0.260 e. The molecule has 7 nitrogen and oxygen atoms in total. The van der Waals surface area contributed by atoms with Crippen LogP contribution in [0, 0.1) is 0 Å². The first-order chi connectivity index (χ1) is 13.8. The summed E-state index contributed by atoms with van der Waals surface area (Å²) in [6, 6.07) is 15.1. The average Bonchev–Trinajstić information content (AvgIpc) is 2.73. The molecular weight excluding hydrogens is 390 g/mol. The number of carbonyl (C=O) groups excluding carboxylic acids is 1. The van der Waals surface area contributed by atoms with Crippen LogP contribution in [0.5, 0.6) is 5.75 Å². The van der Waals surface area contributed by atoms with E-state index in [1.807, 2.05) is 37.4 Å². The van der Waals surface area contributed by atoms with E-state index in [0.29, 0.717) is 18.8 Å². The van der Waals surface area contributed by atoms with Gasteiger partial charge in [0.25, 0.3) is 5.91 Å². The minimum Gasteiger partial charge on any atom is -0.484 e. The van der Waals surface area contributed by atoms with Crippen molar-refractivity contribution >= 4 is 15.9 Å². The first kappa shape index (κ1) is 21.3. The van der Waals surface area contributed by atoms with Crippen LogP contribution in [-0.4, -0.2) is 64.0 Å². The quantitative estimate of drug-likeness (QED) is 0.744. The van der Waals surface area contributed by atoms with E-state index in [-0.39, 0.29) is 23.5 Å². The fraction of sp³-hybridized carbons (Fsp3) is 0.381. The van der Waals surface area contributed by atoms with Crippen LogP contribution in [0.4, 0.5) is 0 Å². The van der Waals surface area contributed by atoms with E-state index in [9.17, 15) is 13.2 Å². The predicted octanol–water partition coefficient (Wildman–Crippen LogP) is 1.88. The molecule has 1 aliphatic rings. The monoisotopic (exact) mass is 417 g/mol. The van der Waals surface area contributed by atoms with E-state index in [0.717, 1.165) is 18.7 Å². The second-order valence-electron chi connectivity index (χ2n) is 7.20. The fourth-order valence-electron chi connectivity index (χ4n) is 3.12. The molecule has 0 radical (unpaired) electrons. The first-order valence-corrected chi connectivity index (χ1v) is 11.1. The second-order valence-corrected chi connectivity index (χ2v) is 8.91. The Hall–Kier alpha value is -2.42. The Morgan fingerprint density at radius 2 is 1.66 bits per heavy atom. The van der Waals surface area contributed by atoms with Crippen molar-refractivity contribution in [3.05, 3.63) is 60.2 Å². The summed E-state index contributed by atoms with van der Waals surface area (Å²) < 4.78 is 33.4. The number of piperazine rings is 1. The number of nitrogens with zero attached hydrogens (tertiary/aromatic N) is 2. The van der Waals surface area contributed by atoms with Crippen LogP contribution in [0.25, 0.3) is 0 Å².